The quantitative estimate of drug-likeness (QED) is 0.0211. The van der Waals surface area contributed by atoms with Crippen LogP contribution in [0.2, 0.25) is 0 Å². The van der Waals surface area contributed by atoms with Gasteiger partial charge >= 0.3 is 19.8 Å². The minimum Gasteiger partial charge on any atom is -0.462 e. The zero-order chi connectivity index (χ0) is 46.4. The molecule has 370 valence electrons. The molecule has 0 aliphatic carbocycles. The highest BCUT2D eigenvalue weighted by molar-refractivity contribution is 7.47. The molecule has 0 aliphatic heterocycles. The Hall–Kier alpha value is -1.77. The van der Waals surface area contributed by atoms with Crippen molar-refractivity contribution in [2.24, 2.45) is 0 Å². The van der Waals surface area contributed by atoms with Crippen LogP contribution in [0.15, 0.2) is 36.5 Å². The lowest BCUT2D eigenvalue weighted by Crippen LogP contribution is -2.37. The van der Waals surface area contributed by atoms with Crippen LogP contribution in [0.3, 0.4) is 0 Å². The second-order valence-electron chi connectivity index (χ2n) is 18.9. The summed E-state index contributed by atoms with van der Waals surface area (Å²) in [6.07, 6.45) is 53.5. The van der Waals surface area contributed by atoms with E-state index in [0.29, 0.717) is 17.4 Å². The maximum atomic E-state index is 12.7. The van der Waals surface area contributed by atoms with Crippen LogP contribution in [-0.2, 0) is 32.7 Å². The summed E-state index contributed by atoms with van der Waals surface area (Å²) in [5.41, 5.74) is 0. The van der Waals surface area contributed by atoms with E-state index in [1.54, 1.807) is 0 Å². The van der Waals surface area contributed by atoms with E-state index in [1.165, 1.54) is 135 Å². The second kappa shape index (κ2) is 45.4. The van der Waals surface area contributed by atoms with Crippen LogP contribution in [0.1, 0.15) is 239 Å². The molecule has 0 rings (SSSR count). The van der Waals surface area contributed by atoms with Crippen molar-refractivity contribution in [3.8, 4) is 0 Å². The van der Waals surface area contributed by atoms with Crippen molar-refractivity contribution in [1.82, 2.24) is 0 Å². The summed E-state index contributed by atoms with van der Waals surface area (Å²) in [7, 11) is 1.47. The second-order valence-corrected chi connectivity index (χ2v) is 20.3. The summed E-state index contributed by atoms with van der Waals surface area (Å²) in [5, 5.41) is 0. The largest absolute Gasteiger partial charge is 0.472 e. The highest BCUT2D eigenvalue weighted by Crippen LogP contribution is 2.43. The van der Waals surface area contributed by atoms with Gasteiger partial charge in [0.25, 0.3) is 0 Å². The van der Waals surface area contributed by atoms with E-state index < -0.39 is 26.5 Å². The average molecular weight is 911 g/mol. The van der Waals surface area contributed by atoms with Crippen LogP contribution in [-0.4, -0.2) is 74.9 Å². The number of allylic oxidation sites excluding steroid dienone is 6. The third kappa shape index (κ3) is 49.5. The van der Waals surface area contributed by atoms with E-state index in [1.807, 2.05) is 21.1 Å². The van der Waals surface area contributed by atoms with Crippen LogP contribution < -0.4 is 0 Å². The van der Waals surface area contributed by atoms with Gasteiger partial charge < -0.3 is 18.9 Å². The van der Waals surface area contributed by atoms with E-state index >= 15 is 0 Å². The van der Waals surface area contributed by atoms with Crippen molar-refractivity contribution < 1.29 is 42.1 Å². The Balaban J connectivity index is 4.16. The van der Waals surface area contributed by atoms with Gasteiger partial charge in [-0.1, -0.05) is 217 Å². The van der Waals surface area contributed by atoms with E-state index in [2.05, 4.69) is 50.3 Å². The Kier molecular flexibility index (Phi) is 44.1. The van der Waals surface area contributed by atoms with Crippen LogP contribution in [0.4, 0.5) is 0 Å². The first kappa shape index (κ1) is 61.2. The first-order valence-electron chi connectivity index (χ1n) is 26.2. The maximum Gasteiger partial charge on any atom is 0.472 e. The molecule has 10 heteroatoms. The molecular weight excluding hydrogens is 810 g/mol. The normalized spacial score (nSPS) is 13.7. The molecule has 0 aromatic carbocycles. The van der Waals surface area contributed by atoms with Gasteiger partial charge in [0.2, 0.25) is 0 Å². The van der Waals surface area contributed by atoms with Crippen molar-refractivity contribution in [2.45, 2.75) is 245 Å². The van der Waals surface area contributed by atoms with Crippen molar-refractivity contribution in [3.05, 3.63) is 36.5 Å². The number of phosphoric acid groups is 1. The monoisotopic (exact) mass is 911 g/mol. The Morgan fingerprint density at radius 2 is 0.905 bits per heavy atom. The number of ether oxygens (including phenoxy) is 2. The summed E-state index contributed by atoms with van der Waals surface area (Å²) >= 11 is 0. The molecule has 0 heterocycles. The maximum absolute atomic E-state index is 12.7. The molecule has 0 fully saturated rings. The van der Waals surface area contributed by atoms with Gasteiger partial charge in [-0.2, -0.15) is 0 Å². The third-order valence-corrected chi connectivity index (χ3v) is 12.4. The molecule has 0 bridgehead atoms. The number of nitrogens with zero attached hydrogens (tertiary/aromatic N) is 1. The number of phosphoric ester groups is 1. The Morgan fingerprint density at radius 3 is 1.35 bits per heavy atom. The number of likely N-dealkylation sites (N-methyl/N-ethyl adjacent to an activating group) is 1. The number of esters is 2. The molecule has 63 heavy (non-hydrogen) atoms. The van der Waals surface area contributed by atoms with E-state index in [-0.39, 0.29) is 32.0 Å². The zero-order valence-electron chi connectivity index (χ0n) is 41.8. The lowest BCUT2D eigenvalue weighted by atomic mass is 10.0. The first-order chi connectivity index (χ1) is 30.5. The molecule has 1 N–H and O–H groups in total. The van der Waals surface area contributed by atoms with Gasteiger partial charge in [0, 0.05) is 12.8 Å². The predicted octanol–water partition coefficient (Wildman–Crippen LogP) is 15.6. The van der Waals surface area contributed by atoms with Crippen LogP contribution in [0, 0.1) is 0 Å². The van der Waals surface area contributed by atoms with Crippen LogP contribution in [0.5, 0.6) is 0 Å². The smallest absolute Gasteiger partial charge is 0.462 e. The molecular formula is C53H101NO8P+. The SMILES string of the molecule is CC/C=C\C/C=C\C/C=C\CCCCCCCC(=O)OC(COC(=O)CCCCCCCCCCCCCCCCCCCCCCCCCC)COP(=O)(O)OCC[N+](C)(C)C. The Labute approximate surface area is 389 Å². The number of carbonyl (C=O) groups is 2. The summed E-state index contributed by atoms with van der Waals surface area (Å²) < 4.78 is 34.4. The summed E-state index contributed by atoms with van der Waals surface area (Å²) in [4.78, 5) is 35.5. The molecule has 0 aliphatic rings. The van der Waals surface area contributed by atoms with Gasteiger partial charge in [-0.15, -0.1) is 0 Å². The summed E-state index contributed by atoms with van der Waals surface area (Å²) in [6.45, 7) is 4.33. The number of quaternary nitrogens is 1. The standard InChI is InChI=1S/C53H100NO8P/c1-6-8-10-12-14-16-18-20-22-23-24-25-26-27-28-29-30-32-33-35-37-39-41-43-45-52(55)59-49-51(50-61-63(57,58)60-48-47-54(3,4)5)62-53(56)46-44-42-40-38-36-34-31-21-19-17-15-13-11-9-7-2/h9,11,15,17,21,31,51H,6-8,10,12-14,16,18-20,22-30,32-50H2,1-5H3/p+1/b11-9-,17-15-,31-21-. The molecule has 0 saturated heterocycles. The average Bonchev–Trinajstić information content (AvgIpc) is 3.24. The zero-order valence-corrected chi connectivity index (χ0v) is 42.7. The number of unbranched alkanes of at least 4 members (excludes halogenated alkanes) is 28. The fourth-order valence-electron chi connectivity index (χ4n) is 7.38. The summed E-state index contributed by atoms with van der Waals surface area (Å²) in [6, 6.07) is 0. The molecule has 0 aromatic heterocycles. The van der Waals surface area contributed by atoms with Crippen LogP contribution >= 0.6 is 7.82 Å². The topological polar surface area (TPSA) is 108 Å². The van der Waals surface area contributed by atoms with Gasteiger partial charge in [-0.05, 0) is 44.9 Å². The molecule has 2 atom stereocenters. The number of hydrogen-bond acceptors (Lipinski definition) is 7. The van der Waals surface area contributed by atoms with Crippen LogP contribution in [0.25, 0.3) is 0 Å². The van der Waals surface area contributed by atoms with Crippen molar-refractivity contribution in [1.29, 1.82) is 0 Å². The molecule has 0 aromatic rings. The molecule has 0 radical (unpaired) electrons. The van der Waals surface area contributed by atoms with Gasteiger partial charge in [0.1, 0.15) is 19.8 Å². The fourth-order valence-corrected chi connectivity index (χ4v) is 8.13. The highest BCUT2D eigenvalue weighted by Gasteiger charge is 2.27. The van der Waals surface area contributed by atoms with Crippen molar-refractivity contribution in [3.63, 3.8) is 0 Å². The van der Waals surface area contributed by atoms with Gasteiger partial charge in [-0.25, -0.2) is 4.57 Å². The first-order valence-corrected chi connectivity index (χ1v) is 27.7. The third-order valence-electron chi connectivity index (χ3n) is 11.4. The van der Waals surface area contributed by atoms with Gasteiger partial charge in [-0.3, -0.25) is 18.6 Å². The molecule has 0 amide bonds. The number of hydrogen-bond donors (Lipinski definition) is 1. The predicted molar refractivity (Wildman–Crippen MR) is 266 cm³/mol. The minimum atomic E-state index is -4.38. The lowest BCUT2D eigenvalue weighted by Gasteiger charge is -2.24. The number of carbonyl (C=O) groups excluding carboxylic acids is 2. The highest BCUT2D eigenvalue weighted by atomic mass is 31.2. The van der Waals surface area contributed by atoms with Gasteiger partial charge in [0.15, 0.2) is 6.10 Å². The summed E-state index contributed by atoms with van der Waals surface area (Å²) in [5.74, 6) is -0.808. The number of rotatable bonds is 48. The minimum absolute atomic E-state index is 0.0289. The van der Waals surface area contributed by atoms with E-state index in [4.69, 9.17) is 18.5 Å². The molecule has 0 saturated carbocycles. The Bertz CT molecular complexity index is 1170. The molecule has 2 unspecified atom stereocenters. The van der Waals surface area contributed by atoms with Crippen molar-refractivity contribution >= 4 is 19.8 Å². The van der Waals surface area contributed by atoms with Gasteiger partial charge in [0.05, 0.1) is 27.7 Å². The fraction of sp³-hybridized carbons (Fsp3) is 0.849. The lowest BCUT2D eigenvalue weighted by molar-refractivity contribution is -0.870. The molecule has 0 spiro atoms. The molecule has 9 nitrogen and oxygen atoms in total. The Morgan fingerprint density at radius 1 is 0.508 bits per heavy atom. The van der Waals surface area contributed by atoms with E-state index in [9.17, 15) is 19.0 Å². The van der Waals surface area contributed by atoms with Crippen molar-refractivity contribution in [2.75, 3.05) is 47.5 Å². The van der Waals surface area contributed by atoms with E-state index in [0.717, 1.165) is 70.6 Å².